The highest BCUT2D eigenvalue weighted by molar-refractivity contribution is 5.93. The molecule has 8 heteroatoms. The lowest BCUT2D eigenvalue weighted by atomic mass is 10.1. The van der Waals surface area contributed by atoms with Crippen molar-refractivity contribution in [3.8, 4) is 0 Å². The van der Waals surface area contributed by atoms with E-state index in [1.165, 1.54) is 7.11 Å². The molecular formula is C16H21F2N3O3. The predicted molar refractivity (Wildman–Crippen MR) is 85.6 cm³/mol. The number of rotatable bonds is 4. The molecule has 0 aromatic heterocycles. The summed E-state index contributed by atoms with van der Waals surface area (Å²) in [5.41, 5.74) is 1.75. The summed E-state index contributed by atoms with van der Waals surface area (Å²) in [5.74, 6) is -0.439. The highest BCUT2D eigenvalue weighted by Crippen LogP contribution is 2.18. The van der Waals surface area contributed by atoms with E-state index < -0.39 is 12.4 Å². The van der Waals surface area contributed by atoms with Crippen molar-refractivity contribution in [1.82, 2.24) is 9.80 Å². The van der Waals surface area contributed by atoms with Crippen LogP contribution < -0.4 is 5.32 Å². The molecule has 0 aliphatic carbocycles. The van der Waals surface area contributed by atoms with Gasteiger partial charge in [0.15, 0.2) is 0 Å². The van der Waals surface area contributed by atoms with Gasteiger partial charge in [-0.3, -0.25) is 4.90 Å². The fraction of sp³-hybridized carbons (Fsp3) is 0.500. The molecule has 132 valence electrons. The van der Waals surface area contributed by atoms with Crippen LogP contribution in [0.2, 0.25) is 0 Å². The molecule has 1 fully saturated rings. The largest absolute Gasteiger partial charge is 0.465 e. The SMILES string of the molecule is COC(=O)c1ccc(NC(=O)N2CCN(CC(F)F)CC2)c(C)c1. The number of benzene rings is 1. The number of nitrogens with zero attached hydrogens (tertiary/aromatic N) is 2. The number of carbonyl (C=O) groups excluding carboxylic acids is 2. The number of amides is 2. The Balaban J connectivity index is 1.92. The first-order valence-corrected chi connectivity index (χ1v) is 7.66. The van der Waals surface area contributed by atoms with Crippen LogP contribution in [0, 0.1) is 6.92 Å². The lowest BCUT2D eigenvalue weighted by Gasteiger charge is -2.34. The van der Waals surface area contributed by atoms with E-state index in [0.717, 1.165) is 5.56 Å². The number of hydrogen-bond donors (Lipinski definition) is 1. The standard InChI is InChI=1S/C16H21F2N3O3/c1-11-9-12(15(22)24-2)3-4-13(11)19-16(23)21-7-5-20(6-8-21)10-14(17)18/h3-4,9,14H,5-8,10H2,1-2H3,(H,19,23). The molecule has 1 N–H and O–H groups in total. The van der Waals surface area contributed by atoms with E-state index in [1.54, 1.807) is 34.9 Å². The summed E-state index contributed by atoms with van der Waals surface area (Å²) in [7, 11) is 1.31. The number of carbonyl (C=O) groups is 2. The molecule has 1 aliphatic heterocycles. The molecule has 0 unspecified atom stereocenters. The number of aryl methyl sites for hydroxylation is 1. The molecule has 2 amide bonds. The number of hydrogen-bond acceptors (Lipinski definition) is 4. The predicted octanol–water partition coefficient (Wildman–Crippen LogP) is 2.20. The Kier molecular flexibility index (Phi) is 6.08. The zero-order chi connectivity index (χ0) is 17.7. The summed E-state index contributed by atoms with van der Waals surface area (Å²) >= 11 is 0. The number of methoxy groups -OCH3 is 1. The van der Waals surface area contributed by atoms with Crippen molar-refractivity contribution in [2.24, 2.45) is 0 Å². The lowest BCUT2D eigenvalue weighted by Crippen LogP contribution is -2.50. The molecule has 2 rings (SSSR count). The molecule has 0 saturated carbocycles. The third-order valence-electron chi connectivity index (χ3n) is 3.94. The van der Waals surface area contributed by atoms with Crippen molar-refractivity contribution in [3.63, 3.8) is 0 Å². The summed E-state index contributed by atoms with van der Waals surface area (Å²) in [6, 6.07) is 4.59. The van der Waals surface area contributed by atoms with Gasteiger partial charge < -0.3 is 15.0 Å². The van der Waals surface area contributed by atoms with Crippen molar-refractivity contribution in [2.75, 3.05) is 45.2 Å². The highest BCUT2D eigenvalue weighted by Gasteiger charge is 2.23. The monoisotopic (exact) mass is 341 g/mol. The molecule has 1 aromatic carbocycles. The van der Waals surface area contributed by atoms with Crippen LogP contribution in [0.4, 0.5) is 19.3 Å². The van der Waals surface area contributed by atoms with Gasteiger partial charge in [0.05, 0.1) is 19.2 Å². The van der Waals surface area contributed by atoms with Gasteiger partial charge in [0.25, 0.3) is 6.43 Å². The average molecular weight is 341 g/mol. The van der Waals surface area contributed by atoms with Gasteiger partial charge in [-0.05, 0) is 30.7 Å². The van der Waals surface area contributed by atoms with Gasteiger partial charge in [0.1, 0.15) is 0 Å². The van der Waals surface area contributed by atoms with Crippen LogP contribution in [-0.2, 0) is 4.74 Å². The first-order chi connectivity index (χ1) is 11.4. The van der Waals surface area contributed by atoms with Crippen LogP contribution in [0.25, 0.3) is 0 Å². The van der Waals surface area contributed by atoms with Crippen LogP contribution in [0.15, 0.2) is 18.2 Å². The summed E-state index contributed by atoms with van der Waals surface area (Å²) in [4.78, 5) is 27.0. The molecular weight excluding hydrogens is 320 g/mol. The zero-order valence-corrected chi connectivity index (χ0v) is 13.7. The third-order valence-corrected chi connectivity index (χ3v) is 3.94. The molecule has 1 saturated heterocycles. The molecule has 1 heterocycles. The first-order valence-electron chi connectivity index (χ1n) is 7.66. The smallest absolute Gasteiger partial charge is 0.337 e. The lowest BCUT2D eigenvalue weighted by molar-refractivity contribution is 0.0600. The molecule has 1 aliphatic rings. The van der Waals surface area contributed by atoms with Crippen LogP contribution in [0.3, 0.4) is 0 Å². The zero-order valence-electron chi connectivity index (χ0n) is 13.7. The minimum atomic E-state index is -2.36. The van der Waals surface area contributed by atoms with Gasteiger partial charge in [0, 0.05) is 31.9 Å². The topological polar surface area (TPSA) is 61.9 Å². The molecule has 0 radical (unpaired) electrons. The van der Waals surface area contributed by atoms with Crippen LogP contribution in [0.1, 0.15) is 15.9 Å². The van der Waals surface area contributed by atoms with Crippen molar-refractivity contribution < 1.29 is 23.1 Å². The molecule has 1 aromatic rings. The van der Waals surface area contributed by atoms with Gasteiger partial charge in [-0.1, -0.05) is 0 Å². The van der Waals surface area contributed by atoms with Crippen LogP contribution in [0.5, 0.6) is 0 Å². The molecule has 6 nitrogen and oxygen atoms in total. The molecule has 0 spiro atoms. The number of piperazine rings is 1. The second-order valence-electron chi connectivity index (χ2n) is 5.63. The van der Waals surface area contributed by atoms with Crippen molar-refractivity contribution in [2.45, 2.75) is 13.3 Å². The van der Waals surface area contributed by atoms with E-state index in [4.69, 9.17) is 0 Å². The minimum absolute atomic E-state index is 0.260. The Morgan fingerprint density at radius 1 is 1.25 bits per heavy atom. The Morgan fingerprint density at radius 2 is 1.92 bits per heavy atom. The fourth-order valence-corrected chi connectivity index (χ4v) is 2.57. The van der Waals surface area contributed by atoms with Crippen LogP contribution in [-0.4, -0.2) is 68.1 Å². The van der Waals surface area contributed by atoms with E-state index in [1.807, 2.05) is 0 Å². The maximum absolute atomic E-state index is 12.4. The van der Waals surface area contributed by atoms with Crippen molar-refractivity contribution in [1.29, 1.82) is 0 Å². The number of ether oxygens (including phenoxy) is 1. The normalized spacial score (nSPS) is 15.5. The minimum Gasteiger partial charge on any atom is -0.465 e. The van der Waals surface area contributed by atoms with Gasteiger partial charge in [-0.15, -0.1) is 0 Å². The summed E-state index contributed by atoms with van der Waals surface area (Å²) in [6.45, 7) is 3.18. The third kappa shape index (κ3) is 4.64. The molecule has 0 bridgehead atoms. The number of urea groups is 1. The van der Waals surface area contributed by atoms with E-state index in [-0.39, 0.29) is 12.6 Å². The Hall–Kier alpha value is -2.22. The van der Waals surface area contributed by atoms with Gasteiger partial charge in [-0.25, -0.2) is 18.4 Å². The first kappa shape index (κ1) is 18.1. The second-order valence-corrected chi connectivity index (χ2v) is 5.63. The number of esters is 1. The number of alkyl halides is 2. The Morgan fingerprint density at radius 3 is 2.46 bits per heavy atom. The Bertz CT molecular complexity index is 602. The molecule has 24 heavy (non-hydrogen) atoms. The Labute approximate surface area is 139 Å². The maximum atomic E-state index is 12.4. The number of nitrogens with one attached hydrogen (secondary N) is 1. The summed E-state index contributed by atoms with van der Waals surface area (Å²) < 4.78 is 29.4. The average Bonchev–Trinajstić information content (AvgIpc) is 2.56. The fourth-order valence-electron chi connectivity index (χ4n) is 2.57. The van der Waals surface area contributed by atoms with Gasteiger partial charge >= 0.3 is 12.0 Å². The van der Waals surface area contributed by atoms with Crippen molar-refractivity contribution in [3.05, 3.63) is 29.3 Å². The second kappa shape index (κ2) is 8.05. The van der Waals surface area contributed by atoms with E-state index >= 15 is 0 Å². The van der Waals surface area contributed by atoms with E-state index in [9.17, 15) is 18.4 Å². The number of anilines is 1. The molecule has 0 atom stereocenters. The van der Waals surface area contributed by atoms with Crippen LogP contribution >= 0.6 is 0 Å². The van der Waals surface area contributed by atoms with E-state index in [0.29, 0.717) is 37.4 Å². The van der Waals surface area contributed by atoms with Gasteiger partial charge in [-0.2, -0.15) is 0 Å². The maximum Gasteiger partial charge on any atom is 0.337 e. The van der Waals surface area contributed by atoms with Crippen molar-refractivity contribution >= 4 is 17.7 Å². The summed E-state index contributed by atoms with van der Waals surface area (Å²) in [5, 5.41) is 2.79. The van der Waals surface area contributed by atoms with E-state index in [2.05, 4.69) is 10.1 Å². The summed E-state index contributed by atoms with van der Waals surface area (Å²) in [6.07, 6.45) is -2.36. The quantitative estimate of drug-likeness (QED) is 0.853. The number of halogens is 2. The van der Waals surface area contributed by atoms with Gasteiger partial charge in [0.2, 0.25) is 0 Å². The highest BCUT2D eigenvalue weighted by atomic mass is 19.3.